The summed E-state index contributed by atoms with van der Waals surface area (Å²) in [4.78, 5) is 31.7. The molecule has 5 rings (SSSR count). The van der Waals surface area contributed by atoms with Crippen molar-refractivity contribution in [1.82, 2.24) is 25.4 Å². The standard InChI is InChI=1S/C24H23N5O3/c30-23(26-15-18-5-3-13-32-18)21-14-20(27-28-21)17-8-11-29(12-9-17)24(31)22-19-6-2-1-4-16(19)7-10-25-22/h1-7,10,13-14,17H,8-9,11-12,15H2,(H,26,30)(H,27,28). The van der Waals surface area contributed by atoms with Crippen LogP contribution < -0.4 is 5.32 Å². The lowest BCUT2D eigenvalue weighted by Crippen LogP contribution is -2.38. The number of hydrogen-bond acceptors (Lipinski definition) is 5. The largest absolute Gasteiger partial charge is 0.467 e. The molecule has 8 heteroatoms. The number of furan rings is 1. The van der Waals surface area contributed by atoms with Gasteiger partial charge in [0.05, 0.1) is 12.8 Å². The number of aromatic nitrogens is 3. The highest BCUT2D eigenvalue weighted by Gasteiger charge is 2.27. The fourth-order valence-corrected chi connectivity index (χ4v) is 4.17. The van der Waals surface area contributed by atoms with Crippen LogP contribution in [0.25, 0.3) is 10.8 Å². The van der Waals surface area contributed by atoms with E-state index >= 15 is 0 Å². The molecule has 0 aliphatic carbocycles. The van der Waals surface area contributed by atoms with Crippen LogP contribution in [-0.2, 0) is 6.54 Å². The van der Waals surface area contributed by atoms with Gasteiger partial charge in [0.1, 0.15) is 17.1 Å². The van der Waals surface area contributed by atoms with Gasteiger partial charge in [-0.1, -0.05) is 24.3 Å². The summed E-state index contributed by atoms with van der Waals surface area (Å²) in [6.45, 7) is 1.58. The van der Waals surface area contributed by atoms with E-state index in [1.54, 1.807) is 30.7 Å². The maximum Gasteiger partial charge on any atom is 0.273 e. The summed E-state index contributed by atoms with van der Waals surface area (Å²) in [5, 5.41) is 11.9. The van der Waals surface area contributed by atoms with Gasteiger partial charge in [0, 0.05) is 36.3 Å². The number of benzene rings is 1. The molecule has 1 saturated heterocycles. The molecule has 3 aromatic heterocycles. The number of carbonyl (C=O) groups excluding carboxylic acids is 2. The lowest BCUT2D eigenvalue weighted by atomic mass is 9.93. The Balaban J connectivity index is 1.20. The van der Waals surface area contributed by atoms with Gasteiger partial charge in [0.25, 0.3) is 11.8 Å². The molecule has 2 amide bonds. The summed E-state index contributed by atoms with van der Waals surface area (Å²) < 4.78 is 5.23. The van der Waals surface area contributed by atoms with E-state index in [1.165, 1.54) is 0 Å². The van der Waals surface area contributed by atoms with Gasteiger partial charge in [-0.15, -0.1) is 0 Å². The van der Waals surface area contributed by atoms with E-state index in [1.807, 2.05) is 35.2 Å². The molecule has 32 heavy (non-hydrogen) atoms. The molecule has 4 heterocycles. The van der Waals surface area contributed by atoms with Crippen molar-refractivity contribution in [3.05, 3.63) is 83.8 Å². The summed E-state index contributed by atoms with van der Waals surface area (Å²) >= 11 is 0. The second kappa shape index (κ2) is 8.66. The van der Waals surface area contributed by atoms with Crippen LogP contribution in [0.15, 0.2) is 65.4 Å². The second-order valence-electron chi connectivity index (χ2n) is 7.92. The number of hydrogen-bond donors (Lipinski definition) is 2. The SMILES string of the molecule is O=C(NCc1ccco1)c1cc(C2CCN(C(=O)c3nccc4ccccc34)CC2)[nH]n1. The minimum absolute atomic E-state index is 0.0390. The van der Waals surface area contributed by atoms with E-state index in [-0.39, 0.29) is 17.7 Å². The molecular weight excluding hydrogens is 406 g/mol. The predicted octanol–water partition coefficient (Wildman–Crippen LogP) is 3.50. The molecule has 0 radical (unpaired) electrons. The van der Waals surface area contributed by atoms with Crippen LogP contribution in [0.3, 0.4) is 0 Å². The zero-order chi connectivity index (χ0) is 21.9. The molecule has 0 spiro atoms. The highest BCUT2D eigenvalue weighted by Crippen LogP contribution is 2.28. The number of amides is 2. The van der Waals surface area contributed by atoms with E-state index in [2.05, 4.69) is 20.5 Å². The average molecular weight is 429 g/mol. The Kier molecular flexibility index (Phi) is 5.41. The number of nitrogens with one attached hydrogen (secondary N) is 2. The van der Waals surface area contributed by atoms with Crippen LogP contribution in [0.4, 0.5) is 0 Å². The molecule has 4 aromatic rings. The number of rotatable bonds is 5. The van der Waals surface area contributed by atoms with Crippen molar-refractivity contribution in [3.8, 4) is 0 Å². The van der Waals surface area contributed by atoms with Gasteiger partial charge < -0.3 is 14.6 Å². The van der Waals surface area contributed by atoms with Crippen molar-refractivity contribution in [3.63, 3.8) is 0 Å². The third-order valence-electron chi connectivity index (χ3n) is 5.93. The number of carbonyl (C=O) groups is 2. The molecule has 8 nitrogen and oxygen atoms in total. The van der Waals surface area contributed by atoms with Gasteiger partial charge in [0.2, 0.25) is 0 Å². The normalized spacial score (nSPS) is 14.6. The molecule has 1 aliphatic heterocycles. The molecule has 1 aromatic carbocycles. The number of piperidine rings is 1. The second-order valence-corrected chi connectivity index (χ2v) is 7.92. The summed E-state index contributed by atoms with van der Waals surface area (Å²) in [7, 11) is 0. The Morgan fingerprint density at radius 2 is 1.97 bits per heavy atom. The molecule has 0 unspecified atom stereocenters. The molecule has 1 fully saturated rings. The predicted molar refractivity (Wildman–Crippen MR) is 118 cm³/mol. The third kappa shape index (κ3) is 3.99. The van der Waals surface area contributed by atoms with Crippen LogP contribution in [0.5, 0.6) is 0 Å². The van der Waals surface area contributed by atoms with Crippen molar-refractivity contribution in [1.29, 1.82) is 0 Å². The van der Waals surface area contributed by atoms with E-state index in [4.69, 9.17) is 4.42 Å². The molecular formula is C24H23N5O3. The first-order valence-electron chi connectivity index (χ1n) is 10.7. The van der Waals surface area contributed by atoms with Crippen molar-refractivity contribution in [2.24, 2.45) is 0 Å². The average Bonchev–Trinajstić information content (AvgIpc) is 3.54. The fourth-order valence-electron chi connectivity index (χ4n) is 4.17. The van der Waals surface area contributed by atoms with Crippen molar-refractivity contribution in [2.45, 2.75) is 25.3 Å². The summed E-state index contributed by atoms with van der Waals surface area (Å²) in [6.07, 6.45) is 4.85. The van der Waals surface area contributed by atoms with Crippen molar-refractivity contribution >= 4 is 22.6 Å². The summed E-state index contributed by atoms with van der Waals surface area (Å²) in [5.74, 6) is 0.617. The van der Waals surface area contributed by atoms with Crippen LogP contribution >= 0.6 is 0 Å². The van der Waals surface area contributed by atoms with Crippen LogP contribution in [0.2, 0.25) is 0 Å². The Bertz CT molecular complexity index is 1230. The highest BCUT2D eigenvalue weighted by atomic mass is 16.3. The van der Waals surface area contributed by atoms with Crippen molar-refractivity contribution < 1.29 is 14.0 Å². The Morgan fingerprint density at radius 1 is 1.12 bits per heavy atom. The van der Waals surface area contributed by atoms with Gasteiger partial charge in [-0.2, -0.15) is 5.10 Å². The Labute approximate surface area is 184 Å². The van der Waals surface area contributed by atoms with Gasteiger partial charge >= 0.3 is 0 Å². The van der Waals surface area contributed by atoms with Crippen LogP contribution in [0, 0.1) is 0 Å². The van der Waals surface area contributed by atoms with Crippen LogP contribution in [-0.4, -0.2) is 45.0 Å². The van der Waals surface area contributed by atoms with Gasteiger partial charge in [-0.25, -0.2) is 0 Å². The molecule has 1 aliphatic rings. The molecule has 2 N–H and O–H groups in total. The lowest BCUT2D eigenvalue weighted by Gasteiger charge is -2.31. The number of likely N-dealkylation sites (tertiary alicyclic amines) is 1. The van der Waals surface area contributed by atoms with E-state index < -0.39 is 0 Å². The molecule has 0 atom stereocenters. The highest BCUT2D eigenvalue weighted by molar-refractivity contribution is 6.05. The van der Waals surface area contributed by atoms with Gasteiger partial charge in [0.15, 0.2) is 0 Å². The zero-order valence-corrected chi connectivity index (χ0v) is 17.5. The topological polar surface area (TPSA) is 104 Å². The van der Waals surface area contributed by atoms with E-state index in [0.717, 1.165) is 29.3 Å². The summed E-state index contributed by atoms with van der Waals surface area (Å²) in [5.41, 5.74) is 1.77. The Morgan fingerprint density at radius 3 is 2.78 bits per heavy atom. The number of H-pyrrole nitrogens is 1. The smallest absolute Gasteiger partial charge is 0.273 e. The number of aromatic amines is 1. The number of pyridine rings is 1. The minimum atomic E-state index is -0.251. The third-order valence-corrected chi connectivity index (χ3v) is 5.93. The first kappa shape index (κ1) is 20.0. The molecule has 162 valence electrons. The summed E-state index contributed by atoms with van der Waals surface area (Å²) in [6, 6.07) is 15.1. The Hall–Kier alpha value is -3.94. The van der Waals surface area contributed by atoms with Gasteiger partial charge in [-0.3, -0.25) is 19.7 Å². The first-order chi connectivity index (χ1) is 15.7. The van der Waals surface area contributed by atoms with Gasteiger partial charge in [-0.05, 0) is 42.5 Å². The van der Waals surface area contributed by atoms with E-state index in [0.29, 0.717) is 36.8 Å². The molecule has 0 bridgehead atoms. The first-order valence-corrected chi connectivity index (χ1v) is 10.7. The van der Waals surface area contributed by atoms with E-state index in [9.17, 15) is 9.59 Å². The zero-order valence-electron chi connectivity index (χ0n) is 17.5. The molecule has 0 saturated carbocycles. The maximum absolute atomic E-state index is 13.1. The monoisotopic (exact) mass is 429 g/mol. The maximum atomic E-state index is 13.1. The lowest BCUT2D eigenvalue weighted by molar-refractivity contribution is 0.0708. The van der Waals surface area contributed by atoms with Crippen molar-refractivity contribution in [2.75, 3.05) is 13.1 Å². The number of fused-ring (bicyclic) bond motifs is 1. The van der Waals surface area contributed by atoms with Crippen LogP contribution in [0.1, 0.15) is 51.2 Å². The minimum Gasteiger partial charge on any atom is -0.467 e. The number of nitrogens with zero attached hydrogens (tertiary/aromatic N) is 3. The fraction of sp³-hybridized carbons (Fsp3) is 0.250. The quantitative estimate of drug-likeness (QED) is 0.505.